The highest BCUT2D eigenvalue weighted by atomic mass is 32.1. The van der Waals surface area contributed by atoms with Crippen LogP contribution in [0.15, 0.2) is 35.1 Å². The third-order valence-electron chi connectivity index (χ3n) is 2.97. The van der Waals surface area contributed by atoms with Crippen LogP contribution in [0, 0.1) is 0 Å². The number of carbonyl (C=O) groups excluding carboxylic acids is 1. The standard InChI is InChI=1S/C14H10N2O3S/c1-19-14(18)11-12(15)8(17)6-10-13(11)16-7-4-2-3-5-9(7)20-10/h2-6H,15H2,1H3. The van der Waals surface area contributed by atoms with Gasteiger partial charge in [-0.25, -0.2) is 9.78 Å². The Balaban J connectivity index is 2.48. The third-order valence-corrected chi connectivity index (χ3v) is 4.07. The first-order valence-corrected chi connectivity index (χ1v) is 6.64. The number of hydrogen-bond donors (Lipinski definition) is 1. The molecule has 1 heterocycles. The van der Waals surface area contributed by atoms with Gasteiger partial charge >= 0.3 is 5.97 Å². The van der Waals surface area contributed by atoms with Crippen LogP contribution in [-0.4, -0.2) is 18.1 Å². The number of methoxy groups -OCH3 is 1. The van der Waals surface area contributed by atoms with Gasteiger partial charge in [0.05, 0.1) is 33.6 Å². The second-order valence-corrected chi connectivity index (χ2v) is 5.27. The van der Waals surface area contributed by atoms with Crippen molar-refractivity contribution in [3.8, 4) is 10.6 Å². The van der Waals surface area contributed by atoms with E-state index in [2.05, 4.69) is 4.98 Å². The van der Waals surface area contributed by atoms with E-state index in [0.717, 1.165) is 10.2 Å². The molecule has 0 unspecified atom stereocenters. The summed E-state index contributed by atoms with van der Waals surface area (Å²) in [7, 11) is 1.25. The van der Waals surface area contributed by atoms with Crippen molar-refractivity contribution in [2.75, 3.05) is 12.8 Å². The maximum atomic E-state index is 11.9. The number of aromatic nitrogens is 1. The van der Waals surface area contributed by atoms with E-state index in [1.54, 1.807) is 0 Å². The molecule has 0 fully saturated rings. The van der Waals surface area contributed by atoms with Gasteiger partial charge in [0, 0.05) is 6.07 Å². The highest BCUT2D eigenvalue weighted by Gasteiger charge is 2.23. The van der Waals surface area contributed by atoms with Crippen molar-refractivity contribution < 1.29 is 9.53 Å². The number of ether oxygens (including phenoxy) is 1. The Kier molecular flexibility index (Phi) is 2.87. The van der Waals surface area contributed by atoms with Gasteiger partial charge in [0.25, 0.3) is 0 Å². The first-order valence-electron chi connectivity index (χ1n) is 5.82. The normalized spacial score (nSPS) is 10.8. The Labute approximate surface area is 118 Å². The van der Waals surface area contributed by atoms with E-state index in [1.807, 2.05) is 24.3 Å². The Hall–Kier alpha value is -2.47. The number of nitrogen functional groups attached to an aromatic ring is 1. The van der Waals surface area contributed by atoms with Crippen LogP contribution in [-0.2, 0) is 4.74 Å². The fourth-order valence-electron chi connectivity index (χ4n) is 2.01. The van der Waals surface area contributed by atoms with Crippen molar-refractivity contribution in [3.63, 3.8) is 0 Å². The van der Waals surface area contributed by atoms with Crippen molar-refractivity contribution in [2.45, 2.75) is 0 Å². The summed E-state index contributed by atoms with van der Waals surface area (Å²) in [4.78, 5) is 28.8. The van der Waals surface area contributed by atoms with Crippen LogP contribution in [0.5, 0.6) is 0 Å². The van der Waals surface area contributed by atoms with Crippen molar-refractivity contribution in [1.82, 2.24) is 4.98 Å². The summed E-state index contributed by atoms with van der Waals surface area (Å²) in [6.07, 6.45) is 0. The fraction of sp³-hybridized carbons (Fsp3) is 0.0714. The van der Waals surface area contributed by atoms with Gasteiger partial charge in [-0.2, -0.15) is 0 Å². The maximum absolute atomic E-state index is 11.9. The largest absolute Gasteiger partial charge is 0.465 e. The average Bonchev–Trinajstić information content (AvgIpc) is 2.46. The number of rotatable bonds is 1. The highest BCUT2D eigenvalue weighted by molar-refractivity contribution is 7.21. The molecule has 0 spiro atoms. The molecule has 1 aromatic rings. The summed E-state index contributed by atoms with van der Waals surface area (Å²) in [5, 5.41) is 0. The second kappa shape index (κ2) is 4.57. The van der Waals surface area contributed by atoms with E-state index in [4.69, 9.17) is 10.5 Å². The number of nitrogens with zero attached hydrogens (tertiary/aromatic N) is 1. The average molecular weight is 286 g/mol. The van der Waals surface area contributed by atoms with Gasteiger partial charge in [-0.1, -0.05) is 12.1 Å². The minimum atomic E-state index is -0.653. The van der Waals surface area contributed by atoms with Crippen LogP contribution in [0.3, 0.4) is 0 Å². The number of para-hydroxylation sites is 1. The quantitative estimate of drug-likeness (QED) is 0.421. The Morgan fingerprint density at radius 1 is 1.35 bits per heavy atom. The summed E-state index contributed by atoms with van der Waals surface area (Å²) in [6.45, 7) is 0. The first kappa shape index (κ1) is 12.6. The molecule has 0 bridgehead atoms. The van der Waals surface area contributed by atoms with Gasteiger partial charge in [-0.05, 0) is 12.1 Å². The number of nitrogens with two attached hydrogens (primary N) is 1. The molecule has 0 saturated heterocycles. The Morgan fingerprint density at radius 2 is 2.10 bits per heavy atom. The van der Waals surface area contributed by atoms with Crippen molar-refractivity contribution in [2.24, 2.45) is 0 Å². The van der Waals surface area contributed by atoms with Crippen LogP contribution < -0.4 is 11.2 Å². The minimum absolute atomic E-state index is 0.0389. The number of hydrogen-bond acceptors (Lipinski definition) is 6. The molecule has 100 valence electrons. The molecule has 1 aliphatic heterocycles. The molecular formula is C14H10N2O3S. The van der Waals surface area contributed by atoms with E-state index in [1.165, 1.54) is 24.5 Å². The molecule has 20 heavy (non-hydrogen) atoms. The lowest BCUT2D eigenvalue weighted by molar-refractivity contribution is 0.0602. The zero-order valence-electron chi connectivity index (χ0n) is 10.5. The lowest BCUT2D eigenvalue weighted by Crippen LogP contribution is -2.17. The molecule has 3 rings (SSSR count). The van der Waals surface area contributed by atoms with E-state index >= 15 is 0 Å². The monoisotopic (exact) mass is 286 g/mol. The summed E-state index contributed by atoms with van der Waals surface area (Å²) in [6, 6.07) is 8.90. The molecule has 0 radical (unpaired) electrons. The molecule has 2 N–H and O–H groups in total. The van der Waals surface area contributed by atoms with E-state index in [0.29, 0.717) is 10.6 Å². The van der Waals surface area contributed by atoms with Crippen molar-refractivity contribution in [1.29, 1.82) is 0 Å². The van der Waals surface area contributed by atoms with Gasteiger partial charge in [0.15, 0.2) is 0 Å². The predicted molar refractivity (Wildman–Crippen MR) is 78.3 cm³/mol. The van der Waals surface area contributed by atoms with Crippen molar-refractivity contribution >= 4 is 33.2 Å². The fourth-order valence-corrected chi connectivity index (χ4v) is 3.02. The minimum Gasteiger partial charge on any atom is -0.465 e. The van der Waals surface area contributed by atoms with Crippen LogP contribution in [0.2, 0.25) is 0 Å². The predicted octanol–water partition coefficient (Wildman–Crippen LogP) is 2.13. The van der Waals surface area contributed by atoms with Gasteiger partial charge in [0.1, 0.15) is 5.56 Å². The second-order valence-electron chi connectivity index (χ2n) is 4.18. The molecule has 0 amide bonds. The number of esters is 1. The van der Waals surface area contributed by atoms with Gasteiger partial charge < -0.3 is 10.5 Å². The smallest absolute Gasteiger partial charge is 0.342 e. The first-order chi connectivity index (χ1) is 9.61. The maximum Gasteiger partial charge on any atom is 0.342 e. The van der Waals surface area contributed by atoms with Crippen LogP contribution >= 0.6 is 11.3 Å². The molecule has 2 aliphatic rings. The SMILES string of the molecule is COC(=O)c1c2nc3ccccc3sc-2cc(=O)c1N. The molecule has 6 heteroatoms. The molecule has 0 aromatic heterocycles. The van der Waals surface area contributed by atoms with Gasteiger partial charge in [-0.15, -0.1) is 11.3 Å². The summed E-state index contributed by atoms with van der Waals surface area (Å²) in [5.74, 6) is -0.653. The Bertz CT molecular complexity index is 857. The Morgan fingerprint density at radius 3 is 2.85 bits per heavy atom. The molecule has 5 nitrogen and oxygen atoms in total. The number of anilines is 1. The molecule has 1 aliphatic carbocycles. The summed E-state index contributed by atoms with van der Waals surface area (Å²) in [5.41, 5.74) is 6.38. The molecule has 0 saturated carbocycles. The van der Waals surface area contributed by atoms with E-state index in [-0.39, 0.29) is 11.3 Å². The molecular weight excluding hydrogens is 276 g/mol. The number of benzene rings is 2. The summed E-state index contributed by atoms with van der Waals surface area (Å²) < 4.78 is 5.63. The van der Waals surface area contributed by atoms with E-state index < -0.39 is 11.4 Å². The number of fused-ring (bicyclic) bond motifs is 2. The van der Waals surface area contributed by atoms with Crippen LogP contribution in [0.1, 0.15) is 10.4 Å². The topological polar surface area (TPSA) is 82.3 Å². The van der Waals surface area contributed by atoms with Gasteiger partial charge in [-0.3, -0.25) is 4.79 Å². The lowest BCUT2D eigenvalue weighted by Gasteiger charge is -2.11. The van der Waals surface area contributed by atoms with Crippen LogP contribution in [0.4, 0.5) is 5.69 Å². The number of carbonyl (C=O) groups is 1. The molecule has 0 atom stereocenters. The van der Waals surface area contributed by atoms with Gasteiger partial charge in [0.2, 0.25) is 5.43 Å². The zero-order chi connectivity index (χ0) is 14.3. The molecule has 1 aromatic carbocycles. The third kappa shape index (κ3) is 1.81. The van der Waals surface area contributed by atoms with Crippen LogP contribution in [0.25, 0.3) is 20.8 Å². The highest BCUT2D eigenvalue weighted by Crippen LogP contribution is 2.33. The summed E-state index contributed by atoms with van der Waals surface area (Å²) >= 11 is 1.39. The van der Waals surface area contributed by atoms with E-state index in [9.17, 15) is 9.59 Å². The van der Waals surface area contributed by atoms with Crippen molar-refractivity contribution in [3.05, 3.63) is 46.1 Å². The zero-order valence-corrected chi connectivity index (χ0v) is 11.4. The lowest BCUT2D eigenvalue weighted by atomic mass is 10.1.